The van der Waals surface area contributed by atoms with Crippen molar-refractivity contribution in [1.82, 2.24) is 5.32 Å². The minimum absolute atomic E-state index is 0.190. The number of ether oxygens (including phenoxy) is 1. The summed E-state index contributed by atoms with van der Waals surface area (Å²) in [5, 5.41) is 21.8. The normalized spacial score (nSPS) is 11.7. The molecule has 0 aromatic heterocycles. The number of carbonyl (C=O) groups is 2. The Morgan fingerprint density at radius 3 is 2.38 bits per heavy atom. The van der Waals surface area contributed by atoms with E-state index >= 15 is 0 Å². The van der Waals surface area contributed by atoms with Crippen LogP contribution in [0.5, 0.6) is 5.75 Å². The predicted molar refractivity (Wildman–Crippen MR) is 135 cm³/mol. The standard InChI is InChI=1S/C27H29NO5S/c1-18-6-3-4-9-22(18)24-15-20(17-33-16-19-7-5-8-21(29)14-19)10-11-23(24)26(30)28-25(27(31)32)12-13-34-2/h3-11,14-15,25,29H,12-13,16-17H2,1-2H3,(H,28,30)(H,31,32). The van der Waals surface area contributed by atoms with Crippen LogP contribution in [0.2, 0.25) is 0 Å². The number of hydrogen-bond acceptors (Lipinski definition) is 5. The van der Waals surface area contributed by atoms with Gasteiger partial charge in [0.1, 0.15) is 11.8 Å². The van der Waals surface area contributed by atoms with Gasteiger partial charge in [0.15, 0.2) is 0 Å². The van der Waals surface area contributed by atoms with Gasteiger partial charge in [-0.05, 0) is 77.4 Å². The Hall–Kier alpha value is -3.29. The monoisotopic (exact) mass is 479 g/mol. The summed E-state index contributed by atoms with van der Waals surface area (Å²) < 4.78 is 5.83. The highest BCUT2D eigenvalue weighted by Crippen LogP contribution is 2.29. The number of aryl methyl sites for hydroxylation is 1. The largest absolute Gasteiger partial charge is 0.508 e. The summed E-state index contributed by atoms with van der Waals surface area (Å²) in [6.07, 6.45) is 2.25. The zero-order valence-electron chi connectivity index (χ0n) is 19.3. The van der Waals surface area contributed by atoms with Crippen LogP contribution >= 0.6 is 11.8 Å². The van der Waals surface area contributed by atoms with E-state index in [0.29, 0.717) is 31.0 Å². The van der Waals surface area contributed by atoms with Crippen molar-refractivity contribution < 1.29 is 24.5 Å². The fraction of sp³-hybridized carbons (Fsp3) is 0.259. The SMILES string of the molecule is CSCCC(NC(=O)c1ccc(COCc2cccc(O)c2)cc1-c1ccccc1C)C(=O)O. The van der Waals surface area contributed by atoms with E-state index in [9.17, 15) is 19.8 Å². The van der Waals surface area contributed by atoms with Crippen LogP contribution < -0.4 is 5.32 Å². The van der Waals surface area contributed by atoms with E-state index in [0.717, 1.165) is 27.8 Å². The van der Waals surface area contributed by atoms with Gasteiger partial charge in [-0.1, -0.05) is 42.5 Å². The molecule has 0 aliphatic carbocycles. The number of rotatable bonds is 11. The van der Waals surface area contributed by atoms with Crippen molar-refractivity contribution in [2.24, 2.45) is 0 Å². The van der Waals surface area contributed by atoms with Crippen LogP contribution in [0.15, 0.2) is 66.7 Å². The molecule has 0 fully saturated rings. The number of carboxylic acid groups (broad SMARTS) is 1. The zero-order valence-corrected chi connectivity index (χ0v) is 20.1. The van der Waals surface area contributed by atoms with E-state index in [1.807, 2.05) is 55.6 Å². The van der Waals surface area contributed by atoms with E-state index in [2.05, 4.69) is 5.32 Å². The fourth-order valence-corrected chi connectivity index (χ4v) is 4.11. The molecule has 6 nitrogen and oxygen atoms in total. The smallest absolute Gasteiger partial charge is 0.326 e. The lowest BCUT2D eigenvalue weighted by atomic mass is 9.93. The van der Waals surface area contributed by atoms with Crippen molar-refractivity contribution in [2.45, 2.75) is 32.6 Å². The highest BCUT2D eigenvalue weighted by atomic mass is 32.2. The molecule has 3 N–H and O–H groups in total. The van der Waals surface area contributed by atoms with Gasteiger partial charge >= 0.3 is 5.97 Å². The highest BCUT2D eigenvalue weighted by molar-refractivity contribution is 7.98. The molecule has 178 valence electrons. The van der Waals surface area contributed by atoms with Crippen LogP contribution in [0, 0.1) is 6.92 Å². The van der Waals surface area contributed by atoms with Crippen molar-refractivity contribution in [1.29, 1.82) is 0 Å². The van der Waals surface area contributed by atoms with Crippen molar-refractivity contribution in [3.8, 4) is 16.9 Å². The van der Waals surface area contributed by atoms with Gasteiger partial charge in [-0.2, -0.15) is 11.8 Å². The number of hydrogen-bond donors (Lipinski definition) is 3. The average molecular weight is 480 g/mol. The highest BCUT2D eigenvalue weighted by Gasteiger charge is 2.22. The summed E-state index contributed by atoms with van der Waals surface area (Å²) in [4.78, 5) is 24.8. The number of aromatic hydroxyl groups is 1. The van der Waals surface area contributed by atoms with Gasteiger partial charge in [0.05, 0.1) is 13.2 Å². The molecule has 3 rings (SSSR count). The first kappa shape index (κ1) is 25.3. The molecule has 0 aliphatic heterocycles. The van der Waals surface area contributed by atoms with Gasteiger partial charge in [0.2, 0.25) is 0 Å². The predicted octanol–water partition coefficient (Wildman–Crippen LogP) is 5.02. The second-order valence-electron chi connectivity index (χ2n) is 8.00. The van der Waals surface area contributed by atoms with Crippen LogP contribution in [-0.2, 0) is 22.7 Å². The number of amides is 1. The van der Waals surface area contributed by atoms with Gasteiger partial charge in [0, 0.05) is 5.56 Å². The van der Waals surface area contributed by atoms with E-state index < -0.39 is 17.9 Å². The molecule has 0 heterocycles. The van der Waals surface area contributed by atoms with Crippen LogP contribution in [0.1, 0.15) is 33.5 Å². The number of thioether (sulfide) groups is 1. The number of phenols is 1. The fourth-order valence-electron chi connectivity index (χ4n) is 3.64. The van der Waals surface area contributed by atoms with Gasteiger partial charge in [-0.3, -0.25) is 4.79 Å². The second kappa shape index (κ2) is 12.3. The molecule has 34 heavy (non-hydrogen) atoms. The zero-order chi connectivity index (χ0) is 24.5. The molecular formula is C27H29NO5S. The minimum atomic E-state index is -1.04. The lowest BCUT2D eigenvalue weighted by Crippen LogP contribution is -2.41. The first-order valence-corrected chi connectivity index (χ1v) is 12.4. The van der Waals surface area contributed by atoms with E-state index in [4.69, 9.17) is 4.74 Å². The van der Waals surface area contributed by atoms with Crippen molar-refractivity contribution >= 4 is 23.6 Å². The molecule has 1 amide bonds. The number of aliphatic carboxylic acids is 1. The van der Waals surface area contributed by atoms with Gasteiger partial charge in [0.25, 0.3) is 5.91 Å². The van der Waals surface area contributed by atoms with Crippen LogP contribution in [0.25, 0.3) is 11.1 Å². The third-order valence-electron chi connectivity index (χ3n) is 5.43. The third kappa shape index (κ3) is 6.85. The summed E-state index contributed by atoms with van der Waals surface area (Å²) in [5.41, 5.74) is 4.79. The van der Waals surface area contributed by atoms with Crippen LogP contribution in [-0.4, -0.2) is 40.1 Å². The molecular weight excluding hydrogens is 450 g/mol. The van der Waals surface area contributed by atoms with Crippen molar-refractivity contribution in [3.63, 3.8) is 0 Å². The van der Waals surface area contributed by atoms with Gasteiger partial charge in [-0.25, -0.2) is 4.79 Å². The first-order chi connectivity index (χ1) is 16.4. The molecule has 3 aromatic rings. The Morgan fingerprint density at radius 2 is 1.71 bits per heavy atom. The van der Waals surface area contributed by atoms with E-state index in [1.165, 1.54) is 11.8 Å². The van der Waals surface area contributed by atoms with Crippen LogP contribution in [0.3, 0.4) is 0 Å². The molecule has 0 saturated carbocycles. The Kier molecular flexibility index (Phi) is 9.13. The summed E-state index contributed by atoms with van der Waals surface area (Å²) in [7, 11) is 0. The summed E-state index contributed by atoms with van der Waals surface area (Å²) in [5.74, 6) is -0.636. The Morgan fingerprint density at radius 1 is 0.971 bits per heavy atom. The molecule has 7 heteroatoms. The number of benzene rings is 3. The third-order valence-corrected chi connectivity index (χ3v) is 6.07. The maximum atomic E-state index is 13.1. The topological polar surface area (TPSA) is 95.9 Å². The molecule has 0 bridgehead atoms. The lowest BCUT2D eigenvalue weighted by Gasteiger charge is -2.18. The molecule has 0 saturated heterocycles. The lowest BCUT2D eigenvalue weighted by molar-refractivity contribution is -0.139. The summed E-state index contributed by atoms with van der Waals surface area (Å²) >= 11 is 1.54. The summed E-state index contributed by atoms with van der Waals surface area (Å²) in [6, 6.07) is 19.2. The Balaban J connectivity index is 1.85. The maximum absolute atomic E-state index is 13.1. The Bertz CT molecular complexity index is 1150. The molecule has 0 aliphatic rings. The molecule has 1 atom stereocenters. The van der Waals surface area contributed by atoms with Crippen molar-refractivity contribution in [3.05, 3.63) is 89.0 Å². The van der Waals surface area contributed by atoms with E-state index in [-0.39, 0.29) is 5.75 Å². The molecule has 0 spiro atoms. The van der Waals surface area contributed by atoms with E-state index in [1.54, 1.807) is 24.3 Å². The molecule has 0 radical (unpaired) electrons. The van der Waals surface area contributed by atoms with Crippen LogP contribution in [0.4, 0.5) is 0 Å². The second-order valence-corrected chi connectivity index (χ2v) is 8.99. The molecule has 3 aromatic carbocycles. The average Bonchev–Trinajstić information content (AvgIpc) is 2.82. The summed E-state index contributed by atoms with van der Waals surface area (Å²) in [6.45, 7) is 2.63. The van der Waals surface area contributed by atoms with Gasteiger partial charge < -0.3 is 20.3 Å². The number of nitrogens with one attached hydrogen (secondary N) is 1. The quantitative estimate of drug-likeness (QED) is 0.357. The molecule has 1 unspecified atom stereocenters. The van der Waals surface area contributed by atoms with Gasteiger partial charge in [-0.15, -0.1) is 0 Å². The van der Waals surface area contributed by atoms with Crippen molar-refractivity contribution in [2.75, 3.05) is 12.0 Å². The minimum Gasteiger partial charge on any atom is -0.508 e. The number of carbonyl (C=O) groups excluding carboxylic acids is 1. The number of phenolic OH excluding ortho intramolecular Hbond substituents is 1. The number of carboxylic acids is 1. The maximum Gasteiger partial charge on any atom is 0.326 e. The first-order valence-electron chi connectivity index (χ1n) is 11.0. The Labute approximate surface area is 204 Å².